The van der Waals surface area contributed by atoms with E-state index in [-0.39, 0.29) is 11.8 Å². The van der Waals surface area contributed by atoms with Crippen molar-refractivity contribution in [3.8, 4) is 6.07 Å². The van der Waals surface area contributed by atoms with Gasteiger partial charge in [-0.1, -0.05) is 12.1 Å². The summed E-state index contributed by atoms with van der Waals surface area (Å²) in [4.78, 5) is 26.1. The zero-order valence-corrected chi connectivity index (χ0v) is 14.0. The van der Waals surface area contributed by atoms with Crippen LogP contribution in [-0.4, -0.2) is 29.8 Å². The van der Waals surface area contributed by atoms with Gasteiger partial charge in [-0.25, -0.2) is 0 Å². The Bertz CT molecular complexity index is 816. The van der Waals surface area contributed by atoms with Crippen molar-refractivity contribution >= 4 is 11.8 Å². The molecule has 3 rings (SSSR count). The van der Waals surface area contributed by atoms with E-state index in [0.717, 1.165) is 18.4 Å². The molecule has 5 heteroatoms. The first-order chi connectivity index (χ1) is 12.1. The van der Waals surface area contributed by atoms with Gasteiger partial charge in [0, 0.05) is 30.8 Å². The third-order valence-corrected chi connectivity index (χ3v) is 4.16. The van der Waals surface area contributed by atoms with Crippen molar-refractivity contribution in [2.24, 2.45) is 0 Å². The molecule has 1 fully saturated rings. The predicted octanol–water partition coefficient (Wildman–Crippen LogP) is 2.72. The van der Waals surface area contributed by atoms with E-state index < -0.39 is 0 Å². The number of rotatable bonds is 5. The number of nitrogens with zero attached hydrogens (tertiary/aromatic N) is 2. The quantitative estimate of drug-likeness (QED) is 0.914. The lowest BCUT2D eigenvalue weighted by atomic mass is 10.1. The molecule has 0 heterocycles. The van der Waals surface area contributed by atoms with E-state index in [9.17, 15) is 9.59 Å². The molecule has 0 spiro atoms. The maximum Gasteiger partial charge on any atom is 0.253 e. The van der Waals surface area contributed by atoms with Crippen molar-refractivity contribution in [2.75, 3.05) is 7.05 Å². The standard InChI is InChI=1S/C20H19N3O2/c1-23(13-15-4-2-14(12-21)3-5-15)20(25)17-8-6-16(7-9-17)19(24)22-18-10-11-18/h2-9,18H,10-11,13H2,1H3,(H,22,24). The van der Waals surface area contributed by atoms with E-state index in [0.29, 0.717) is 29.3 Å². The number of hydrogen-bond acceptors (Lipinski definition) is 3. The van der Waals surface area contributed by atoms with Gasteiger partial charge in [-0.05, 0) is 54.8 Å². The average molecular weight is 333 g/mol. The Labute approximate surface area is 146 Å². The number of amides is 2. The Hall–Kier alpha value is -3.13. The molecule has 5 nitrogen and oxygen atoms in total. The van der Waals surface area contributed by atoms with E-state index in [2.05, 4.69) is 11.4 Å². The predicted molar refractivity (Wildman–Crippen MR) is 93.9 cm³/mol. The number of benzene rings is 2. The monoisotopic (exact) mass is 333 g/mol. The molecule has 2 aromatic carbocycles. The third kappa shape index (κ3) is 4.24. The topological polar surface area (TPSA) is 73.2 Å². The lowest BCUT2D eigenvalue weighted by molar-refractivity contribution is 0.0784. The molecule has 1 aliphatic carbocycles. The van der Waals surface area contributed by atoms with Gasteiger partial charge in [-0.3, -0.25) is 9.59 Å². The summed E-state index contributed by atoms with van der Waals surface area (Å²) in [6.45, 7) is 0.453. The summed E-state index contributed by atoms with van der Waals surface area (Å²) in [5.41, 5.74) is 2.66. The highest BCUT2D eigenvalue weighted by atomic mass is 16.2. The Balaban J connectivity index is 1.62. The molecule has 1 N–H and O–H groups in total. The highest BCUT2D eigenvalue weighted by molar-refractivity contribution is 5.97. The highest BCUT2D eigenvalue weighted by Crippen LogP contribution is 2.19. The van der Waals surface area contributed by atoms with Crippen LogP contribution < -0.4 is 5.32 Å². The van der Waals surface area contributed by atoms with E-state index in [1.807, 2.05) is 12.1 Å². The van der Waals surface area contributed by atoms with Crippen LogP contribution in [0, 0.1) is 11.3 Å². The lowest BCUT2D eigenvalue weighted by Gasteiger charge is -2.17. The fourth-order valence-corrected chi connectivity index (χ4v) is 2.51. The number of nitrogens with one attached hydrogen (secondary N) is 1. The molecule has 1 aliphatic rings. The largest absolute Gasteiger partial charge is 0.349 e. The van der Waals surface area contributed by atoms with E-state index in [1.54, 1.807) is 48.3 Å². The third-order valence-electron chi connectivity index (χ3n) is 4.16. The summed E-state index contributed by atoms with van der Waals surface area (Å²) in [5, 5.41) is 11.7. The van der Waals surface area contributed by atoms with E-state index in [4.69, 9.17) is 5.26 Å². The van der Waals surface area contributed by atoms with Crippen LogP contribution in [0.4, 0.5) is 0 Å². The molecule has 0 bridgehead atoms. The Morgan fingerprint density at radius 2 is 1.68 bits per heavy atom. The van der Waals surface area contributed by atoms with Gasteiger partial charge in [-0.2, -0.15) is 5.26 Å². The highest BCUT2D eigenvalue weighted by Gasteiger charge is 2.23. The molecule has 2 amide bonds. The number of nitriles is 1. The van der Waals surface area contributed by atoms with Gasteiger partial charge in [0.2, 0.25) is 0 Å². The second-order valence-electron chi connectivity index (χ2n) is 6.30. The molecule has 0 aliphatic heterocycles. The first-order valence-electron chi connectivity index (χ1n) is 8.22. The Morgan fingerprint density at radius 1 is 1.08 bits per heavy atom. The number of carbonyl (C=O) groups is 2. The van der Waals surface area contributed by atoms with E-state index >= 15 is 0 Å². The van der Waals surface area contributed by atoms with Crippen LogP contribution in [0.15, 0.2) is 48.5 Å². The number of carbonyl (C=O) groups excluding carboxylic acids is 2. The minimum Gasteiger partial charge on any atom is -0.349 e. The Morgan fingerprint density at radius 3 is 2.24 bits per heavy atom. The van der Waals surface area contributed by atoms with Crippen LogP contribution in [0.25, 0.3) is 0 Å². The van der Waals surface area contributed by atoms with Crippen LogP contribution in [0.1, 0.15) is 44.7 Å². The summed E-state index contributed by atoms with van der Waals surface area (Å²) < 4.78 is 0. The van der Waals surface area contributed by atoms with Crippen LogP contribution in [0.5, 0.6) is 0 Å². The van der Waals surface area contributed by atoms with Crippen molar-refractivity contribution in [3.05, 3.63) is 70.8 Å². The summed E-state index contributed by atoms with van der Waals surface area (Å²) >= 11 is 0. The molecule has 1 saturated carbocycles. The van der Waals surface area contributed by atoms with E-state index in [1.165, 1.54) is 0 Å². The maximum absolute atomic E-state index is 12.5. The zero-order chi connectivity index (χ0) is 17.8. The van der Waals surface area contributed by atoms with Gasteiger partial charge in [0.1, 0.15) is 0 Å². The SMILES string of the molecule is CN(Cc1ccc(C#N)cc1)C(=O)c1ccc(C(=O)NC2CC2)cc1. The fraction of sp³-hybridized carbons (Fsp3) is 0.250. The smallest absolute Gasteiger partial charge is 0.253 e. The van der Waals surface area contributed by atoms with Gasteiger partial charge in [0.25, 0.3) is 11.8 Å². The van der Waals surface area contributed by atoms with Crippen molar-refractivity contribution < 1.29 is 9.59 Å². The van der Waals surface area contributed by atoms with Crippen molar-refractivity contribution in [1.29, 1.82) is 5.26 Å². The number of hydrogen-bond donors (Lipinski definition) is 1. The molecule has 0 unspecified atom stereocenters. The molecule has 0 aromatic heterocycles. The normalized spacial score (nSPS) is 13.0. The first kappa shape index (κ1) is 16.7. The van der Waals surface area contributed by atoms with Gasteiger partial charge in [0.15, 0.2) is 0 Å². The van der Waals surface area contributed by atoms with Crippen LogP contribution in [-0.2, 0) is 6.54 Å². The Kier molecular flexibility index (Phi) is 4.80. The minimum absolute atomic E-state index is 0.0903. The van der Waals surface area contributed by atoms with Gasteiger partial charge in [-0.15, -0.1) is 0 Å². The molecule has 25 heavy (non-hydrogen) atoms. The zero-order valence-electron chi connectivity index (χ0n) is 14.0. The first-order valence-corrected chi connectivity index (χ1v) is 8.22. The van der Waals surface area contributed by atoms with Crippen molar-refractivity contribution in [2.45, 2.75) is 25.4 Å². The fourth-order valence-electron chi connectivity index (χ4n) is 2.51. The molecule has 126 valence electrons. The second kappa shape index (κ2) is 7.18. The molecule has 0 radical (unpaired) electrons. The van der Waals surface area contributed by atoms with Crippen LogP contribution in [0.3, 0.4) is 0 Å². The molecule has 0 atom stereocenters. The molecular weight excluding hydrogens is 314 g/mol. The maximum atomic E-state index is 12.5. The average Bonchev–Trinajstić information content (AvgIpc) is 3.45. The van der Waals surface area contributed by atoms with Crippen LogP contribution in [0.2, 0.25) is 0 Å². The lowest BCUT2D eigenvalue weighted by Crippen LogP contribution is -2.27. The summed E-state index contributed by atoms with van der Waals surface area (Å²) in [6.07, 6.45) is 2.09. The summed E-state index contributed by atoms with van der Waals surface area (Å²) in [5.74, 6) is -0.203. The van der Waals surface area contributed by atoms with Gasteiger partial charge in [0.05, 0.1) is 11.6 Å². The van der Waals surface area contributed by atoms with Crippen molar-refractivity contribution in [3.63, 3.8) is 0 Å². The second-order valence-corrected chi connectivity index (χ2v) is 6.30. The molecule has 0 saturated heterocycles. The minimum atomic E-state index is -0.112. The van der Waals surface area contributed by atoms with Gasteiger partial charge >= 0.3 is 0 Å². The summed E-state index contributed by atoms with van der Waals surface area (Å²) in [7, 11) is 1.73. The van der Waals surface area contributed by atoms with Crippen LogP contribution >= 0.6 is 0 Å². The van der Waals surface area contributed by atoms with Crippen molar-refractivity contribution in [1.82, 2.24) is 10.2 Å². The molecule has 2 aromatic rings. The summed E-state index contributed by atoms with van der Waals surface area (Å²) in [6, 6.07) is 16.3. The van der Waals surface area contributed by atoms with Gasteiger partial charge < -0.3 is 10.2 Å². The molecular formula is C20H19N3O2.